The molecular formula is C16H14BrClO. The molecule has 0 aliphatic rings. The Morgan fingerprint density at radius 1 is 1.11 bits per heavy atom. The molecule has 0 saturated carbocycles. The van der Waals surface area contributed by atoms with Crippen molar-refractivity contribution in [1.29, 1.82) is 0 Å². The van der Waals surface area contributed by atoms with Gasteiger partial charge in [0.15, 0.2) is 5.78 Å². The molecule has 19 heavy (non-hydrogen) atoms. The lowest BCUT2D eigenvalue weighted by molar-refractivity contribution is 0.0993. The van der Waals surface area contributed by atoms with E-state index >= 15 is 0 Å². The Bertz CT molecular complexity index is 614. The Morgan fingerprint density at radius 2 is 1.74 bits per heavy atom. The number of halogens is 2. The quantitative estimate of drug-likeness (QED) is 0.708. The van der Waals surface area contributed by atoms with Crippen LogP contribution in [0.5, 0.6) is 0 Å². The maximum atomic E-state index is 12.3. The summed E-state index contributed by atoms with van der Waals surface area (Å²) >= 11 is 9.44. The average Bonchev–Trinajstić information content (AvgIpc) is 2.30. The third-order valence-corrected chi connectivity index (χ3v) is 3.70. The van der Waals surface area contributed by atoms with Gasteiger partial charge >= 0.3 is 0 Å². The molecule has 1 nitrogen and oxygen atoms in total. The lowest BCUT2D eigenvalue weighted by Crippen LogP contribution is -2.05. The van der Waals surface area contributed by atoms with Crippen LogP contribution in [0.1, 0.15) is 27.0 Å². The Kier molecular flexibility index (Phi) is 4.43. The summed E-state index contributed by atoms with van der Waals surface area (Å²) in [6.07, 6.45) is 0.374. The number of carbonyl (C=O) groups excluding carboxylic acids is 1. The normalized spacial score (nSPS) is 10.5. The zero-order valence-electron chi connectivity index (χ0n) is 10.8. The van der Waals surface area contributed by atoms with Gasteiger partial charge in [0, 0.05) is 16.5 Å². The van der Waals surface area contributed by atoms with E-state index in [1.54, 1.807) is 12.1 Å². The number of ketones is 1. The van der Waals surface area contributed by atoms with Gasteiger partial charge in [-0.1, -0.05) is 56.9 Å². The zero-order chi connectivity index (χ0) is 14.0. The largest absolute Gasteiger partial charge is 0.294 e. The smallest absolute Gasteiger partial charge is 0.168 e. The fourth-order valence-corrected chi connectivity index (χ4v) is 2.75. The average molecular weight is 338 g/mol. The van der Waals surface area contributed by atoms with Crippen LogP contribution in [0, 0.1) is 13.8 Å². The molecule has 2 rings (SSSR count). The lowest BCUT2D eigenvalue weighted by Gasteiger charge is -2.06. The fourth-order valence-electron chi connectivity index (χ4n) is 2.16. The second kappa shape index (κ2) is 5.89. The van der Waals surface area contributed by atoms with Crippen LogP contribution in [0.4, 0.5) is 0 Å². The van der Waals surface area contributed by atoms with Gasteiger partial charge in [0.05, 0.1) is 5.02 Å². The monoisotopic (exact) mass is 336 g/mol. The Morgan fingerprint density at radius 3 is 2.37 bits per heavy atom. The van der Waals surface area contributed by atoms with E-state index in [0.717, 1.165) is 10.0 Å². The molecule has 0 fully saturated rings. The molecule has 3 heteroatoms. The number of benzene rings is 2. The van der Waals surface area contributed by atoms with Crippen molar-refractivity contribution in [2.24, 2.45) is 0 Å². The van der Waals surface area contributed by atoms with Crippen molar-refractivity contribution >= 4 is 33.3 Å². The third-order valence-electron chi connectivity index (χ3n) is 2.87. The van der Waals surface area contributed by atoms with Crippen LogP contribution >= 0.6 is 27.5 Å². The summed E-state index contributed by atoms with van der Waals surface area (Å²) in [7, 11) is 0. The zero-order valence-corrected chi connectivity index (χ0v) is 13.2. The van der Waals surface area contributed by atoms with Crippen molar-refractivity contribution in [3.8, 4) is 0 Å². The molecule has 0 heterocycles. The topological polar surface area (TPSA) is 17.1 Å². The van der Waals surface area contributed by atoms with Crippen molar-refractivity contribution < 1.29 is 4.79 Å². The van der Waals surface area contributed by atoms with E-state index in [1.807, 2.05) is 32.0 Å². The molecule has 0 aliphatic heterocycles. The summed E-state index contributed by atoms with van der Waals surface area (Å²) < 4.78 is 0.862. The van der Waals surface area contributed by atoms with Crippen LogP contribution in [0.3, 0.4) is 0 Å². The first kappa shape index (κ1) is 14.3. The van der Waals surface area contributed by atoms with Crippen LogP contribution in [-0.2, 0) is 6.42 Å². The maximum absolute atomic E-state index is 12.3. The maximum Gasteiger partial charge on any atom is 0.168 e. The minimum atomic E-state index is 0.0382. The number of carbonyl (C=O) groups is 1. The van der Waals surface area contributed by atoms with Crippen molar-refractivity contribution in [2.75, 3.05) is 0 Å². The molecule has 0 unspecified atom stereocenters. The number of Topliss-reactive ketones (excluding diaryl/α,β-unsaturated/α-hetero) is 1. The second-order valence-electron chi connectivity index (χ2n) is 4.72. The second-order valence-corrected chi connectivity index (χ2v) is 6.04. The number of hydrogen-bond acceptors (Lipinski definition) is 1. The van der Waals surface area contributed by atoms with Crippen molar-refractivity contribution in [3.05, 3.63) is 68.1 Å². The number of hydrogen-bond donors (Lipinski definition) is 0. The van der Waals surface area contributed by atoms with Crippen LogP contribution < -0.4 is 0 Å². The molecule has 0 saturated heterocycles. The standard InChI is InChI=1S/C16H14BrClO/c1-10-5-11(2)7-12(6-10)8-16(19)14-9-13(17)3-4-15(14)18/h3-7,9H,8H2,1-2H3. The first-order valence-corrected chi connectivity index (χ1v) is 7.18. The van der Waals surface area contributed by atoms with Gasteiger partial charge in [-0.2, -0.15) is 0 Å². The summed E-state index contributed by atoms with van der Waals surface area (Å²) in [4.78, 5) is 12.3. The van der Waals surface area contributed by atoms with E-state index in [-0.39, 0.29) is 5.78 Å². The Hall–Kier alpha value is -1.12. The molecule has 0 spiro atoms. The van der Waals surface area contributed by atoms with Gasteiger partial charge in [-0.3, -0.25) is 4.79 Å². The van der Waals surface area contributed by atoms with Crippen LogP contribution in [0.25, 0.3) is 0 Å². The van der Waals surface area contributed by atoms with E-state index < -0.39 is 0 Å². The van der Waals surface area contributed by atoms with Crippen LogP contribution in [-0.4, -0.2) is 5.78 Å². The molecule has 0 amide bonds. The van der Waals surface area contributed by atoms with Gasteiger partial charge in [-0.15, -0.1) is 0 Å². The van der Waals surface area contributed by atoms with Crippen molar-refractivity contribution in [2.45, 2.75) is 20.3 Å². The van der Waals surface area contributed by atoms with Gasteiger partial charge in [0.25, 0.3) is 0 Å². The molecule has 2 aromatic carbocycles. The molecule has 0 aliphatic carbocycles. The molecule has 0 atom stereocenters. The highest BCUT2D eigenvalue weighted by Gasteiger charge is 2.12. The van der Waals surface area contributed by atoms with E-state index in [4.69, 9.17) is 11.6 Å². The summed E-state index contributed by atoms with van der Waals surface area (Å²) in [6, 6.07) is 11.5. The Balaban J connectivity index is 2.28. The molecule has 2 aromatic rings. The van der Waals surface area contributed by atoms with Gasteiger partial charge in [0.2, 0.25) is 0 Å². The molecule has 98 valence electrons. The van der Waals surface area contributed by atoms with Gasteiger partial charge < -0.3 is 0 Å². The fraction of sp³-hybridized carbons (Fsp3) is 0.188. The van der Waals surface area contributed by atoms with Crippen molar-refractivity contribution in [1.82, 2.24) is 0 Å². The molecular weight excluding hydrogens is 324 g/mol. The lowest BCUT2D eigenvalue weighted by atomic mass is 10.00. The summed E-state index contributed by atoms with van der Waals surface area (Å²) in [5, 5.41) is 0.498. The third kappa shape index (κ3) is 3.68. The van der Waals surface area contributed by atoms with Gasteiger partial charge in [-0.25, -0.2) is 0 Å². The molecule has 0 aromatic heterocycles. The number of aryl methyl sites for hydroxylation is 2. The summed E-state index contributed by atoms with van der Waals surface area (Å²) in [6.45, 7) is 4.07. The van der Waals surface area contributed by atoms with Crippen LogP contribution in [0.15, 0.2) is 40.9 Å². The molecule has 0 radical (unpaired) electrons. The van der Waals surface area contributed by atoms with E-state index in [2.05, 4.69) is 22.0 Å². The van der Waals surface area contributed by atoms with Crippen molar-refractivity contribution in [3.63, 3.8) is 0 Å². The first-order valence-electron chi connectivity index (χ1n) is 6.01. The highest BCUT2D eigenvalue weighted by molar-refractivity contribution is 9.10. The predicted octanol–water partition coefficient (Wildman–Crippen LogP) is 5.14. The van der Waals surface area contributed by atoms with E-state index in [1.165, 1.54) is 11.1 Å². The van der Waals surface area contributed by atoms with Gasteiger partial charge in [0.1, 0.15) is 0 Å². The minimum Gasteiger partial charge on any atom is -0.294 e. The minimum absolute atomic E-state index is 0.0382. The van der Waals surface area contributed by atoms with E-state index in [0.29, 0.717) is 17.0 Å². The highest BCUT2D eigenvalue weighted by Crippen LogP contribution is 2.23. The Labute approximate surface area is 126 Å². The summed E-state index contributed by atoms with van der Waals surface area (Å²) in [5.41, 5.74) is 3.93. The number of rotatable bonds is 3. The molecule has 0 bridgehead atoms. The predicted molar refractivity (Wildman–Crippen MR) is 83.1 cm³/mol. The van der Waals surface area contributed by atoms with E-state index in [9.17, 15) is 4.79 Å². The SMILES string of the molecule is Cc1cc(C)cc(CC(=O)c2cc(Br)ccc2Cl)c1. The highest BCUT2D eigenvalue weighted by atomic mass is 79.9. The summed E-state index contributed by atoms with van der Waals surface area (Å²) in [5.74, 6) is 0.0382. The van der Waals surface area contributed by atoms with Gasteiger partial charge in [-0.05, 0) is 37.6 Å². The molecule has 0 N–H and O–H groups in total. The van der Waals surface area contributed by atoms with Crippen LogP contribution in [0.2, 0.25) is 5.02 Å². The first-order chi connectivity index (χ1) is 8.95.